The number of nitrogens with zero attached hydrogens (tertiary/aromatic N) is 3. The predicted molar refractivity (Wildman–Crippen MR) is 85.5 cm³/mol. The van der Waals surface area contributed by atoms with Crippen LogP contribution in [0.1, 0.15) is 24.2 Å². The van der Waals surface area contributed by atoms with Gasteiger partial charge in [0.15, 0.2) is 18.5 Å². The van der Waals surface area contributed by atoms with E-state index >= 15 is 0 Å². The summed E-state index contributed by atoms with van der Waals surface area (Å²) in [6, 6.07) is 7.43. The van der Waals surface area contributed by atoms with Gasteiger partial charge >= 0.3 is 11.9 Å². The molecule has 0 amide bonds. The molecule has 9 nitrogen and oxygen atoms in total. The second kappa shape index (κ2) is 8.48. The first-order valence-electron chi connectivity index (χ1n) is 7.63. The standard InChI is InChI=1S/C16H19N3O6/c1-9-12(18-19-17)13(14(24-10(2)20)16(22-3)23-9)25-15(21)11-7-5-4-6-8-11/h4-9,12-14,16H,1-3H3/t9-,12-,13+,14-,16+/m1/s1. The molecule has 1 aliphatic heterocycles. The molecule has 0 saturated carbocycles. The van der Waals surface area contributed by atoms with E-state index in [4.69, 9.17) is 24.5 Å². The van der Waals surface area contributed by atoms with Crippen molar-refractivity contribution in [1.29, 1.82) is 0 Å². The van der Waals surface area contributed by atoms with Crippen molar-refractivity contribution in [2.45, 2.75) is 44.5 Å². The molecule has 1 aromatic rings. The minimum Gasteiger partial charge on any atom is -0.454 e. The monoisotopic (exact) mass is 349 g/mol. The number of hydrogen-bond donors (Lipinski definition) is 0. The molecule has 25 heavy (non-hydrogen) atoms. The number of rotatable bonds is 5. The number of esters is 2. The van der Waals surface area contributed by atoms with Gasteiger partial charge in [-0.2, -0.15) is 0 Å². The van der Waals surface area contributed by atoms with Crippen molar-refractivity contribution < 1.29 is 28.5 Å². The molecule has 1 aromatic carbocycles. The highest BCUT2D eigenvalue weighted by Gasteiger charge is 2.48. The van der Waals surface area contributed by atoms with Crippen LogP contribution < -0.4 is 0 Å². The Hall–Kier alpha value is -2.61. The maximum absolute atomic E-state index is 12.4. The zero-order chi connectivity index (χ0) is 18.4. The lowest BCUT2D eigenvalue weighted by Crippen LogP contribution is -2.59. The van der Waals surface area contributed by atoms with Gasteiger partial charge in [0, 0.05) is 18.9 Å². The highest BCUT2D eigenvalue weighted by atomic mass is 16.7. The minimum absolute atomic E-state index is 0.317. The molecule has 1 fully saturated rings. The third-order valence-corrected chi connectivity index (χ3v) is 3.73. The molecule has 134 valence electrons. The summed E-state index contributed by atoms with van der Waals surface area (Å²) >= 11 is 0. The number of carbonyl (C=O) groups excluding carboxylic acids is 2. The molecule has 0 unspecified atom stereocenters. The zero-order valence-corrected chi connectivity index (χ0v) is 14.1. The molecule has 1 heterocycles. The Labute approximate surface area is 144 Å². The van der Waals surface area contributed by atoms with Gasteiger partial charge in [0.2, 0.25) is 0 Å². The fourth-order valence-corrected chi connectivity index (χ4v) is 2.61. The summed E-state index contributed by atoms with van der Waals surface area (Å²) in [4.78, 5) is 26.6. The Morgan fingerprint density at radius 2 is 1.88 bits per heavy atom. The molecule has 1 aliphatic rings. The van der Waals surface area contributed by atoms with Crippen molar-refractivity contribution in [3.63, 3.8) is 0 Å². The van der Waals surface area contributed by atoms with E-state index < -0.39 is 42.6 Å². The van der Waals surface area contributed by atoms with Crippen LogP contribution in [0.4, 0.5) is 0 Å². The van der Waals surface area contributed by atoms with Crippen LogP contribution in [0.5, 0.6) is 0 Å². The smallest absolute Gasteiger partial charge is 0.338 e. The lowest BCUT2D eigenvalue weighted by atomic mass is 9.97. The maximum atomic E-state index is 12.4. The molecule has 1 saturated heterocycles. The Morgan fingerprint density at radius 3 is 2.44 bits per heavy atom. The summed E-state index contributed by atoms with van der Waals surface area (Å²) in [5.74, 6) is -1.24. The van der Waals surface area contributed by atoms with Crippen LogP contribution in [0.15, 0.2) is 35.4 Å². The van der Waals surface area contributed by atoms with Gasteiger partial charge in [-0.15, -0.1) is 0 Å². The van der Waals surface area contributed by atoms with Crippen LogP contribution in [0.2, 0.25) is 0 Å². The number of hydrogen-bond acceptors (Lipinski definition) is 7. The van der Waals surface area contributed by atoms with E-state index in [0.29, 0.717) is 5.56 Å². The number of ether oxygens (including phenoxy) is 4. The van der Waals surface area contributed by atoms with Gasteiger partial charge in [-0.05, 0) is 24.6 Å². The van der Waals surface area contributed by atoms with Crippen molar-refractivity contribution in [1.82, 2.24) is 0 Å². The van der Waals surface area contributed by atoms with Gasteiger partial charge in [0.05, 0.1) is 11.7 Å². The third kappa shape index (κ3) is 4.48. The molecule has 2 rings (SSSR count). The molecule has 0 aliphatic carbocycles. The molecule has 0 N–H and O–H groups in total. The van der Waals surface area contributed by atoms with Crippen LogP contribution in [-0.2, 0) is 23.7 Å². The Bertz CT molecular complexity index is 661. The Kier molecular flexibility index (Phi) is 6.35. The van der Waals surface area contributed by atoms with Crippen molar-refractivity contribution in [2.24, 2.45) is 5.11 Å². The lowest BCUT2D eigenvalue weighted by molar-refractivity contribution is -0.265. The van der Waals surface area contributed by atoms with E-state index in [0.717, 1.165) is 0 Å². The molecule has 5 atom stereocenters. The Balaban J connectivity index is 2.33. The van der Waals surface area contributed by atoms with Crippen molar-refractivity contribution >= 4 is 11.9 Å². The first-order valence-corrected chi connectivity index (χ1v) is 7.63. The second-order valence-corrected chi connectivity index (χ2v) is 5.45. The molecule has 0 bridgehead atoms. The fraction of sp³-hybridized carbons (Fsp3) is 0.500. The van der Waals surface area contributed by atoms with E-state index in [-0.39, 0.29) is 0 Å². The van der Waals surface area contributed by atoms with E-state index in [1.165, 1.54) is 14.0 Å². The largest absolute Gasteiger partial charge is 0.454 e. The first kappa shape index (κ1) is 18.7. The predicted octanol–water partition coefficient (Wildman–Crippen LogP) is 2.21. The highest BCUT2D eigenvalue weighted by molar-refractivity contribution is 5.89. The summed E-state index contributed by atoms with van der Waals surface area (Å²) in [5.41, 5.74) is 9.14. The average molecular weight is 349 g/mol. The SMILES string of the molecule is CO[C@H]1O[C@H](C)[C@@H](N=[N+]=[N-])[C@H](OC(=O)c2ccccc2)[C@H]1OC(C)=O. The highest BCUT2D eigenvalue weighted by Crippen LogP contribution is 2.29. The van der Waals surface area contributed by atoms with Gasteiger partial charge in [-0.25, -0.2) is 4.79 Å². The lowest BCUT2D eigenvalue weighted by Gasteiger charge is -2.42. The number of azide groups is 1. The van der Waals surface area contributed by atoms with Gasteiger partial charge < -0.3 is 18.9 Å². The van der Waals surface area contributed by atoms with Gasteiger partial charge in [-0.1, -0.05) is 23.3 Å². The maximum Gasteiger partial charge on any atom is 0.338 e. The van der Waals surface area contributed by atoms with Gasteiger partial charge in [-0.3, -0.25) is 4.79 Å². The van der Waals surface area contributed by atoms with Crippen LogP contribution >= 0.6 is 0 Å². The summed E-state index contributed by atoms with van der Waals surface area (Å²) in [6.45, 7) is 2.86. The molecular weight excluding hydrogens is 330 g/mol. The average Bonchev–Trinajstić information content (AvgIpc) is 2.60. The summed E-state index contributed by atoms with van der Waals surface area (Å²) in [7, 11) is 1.37. The van der Waals surface area contributed by atoms with E-state index in [1.54, 1.807) is 37.3 Å². The van der Waals surface area contributed by atoms with Crippen LogP contribution in [0.25, 0.3) is 10.4 Å². The summed E-state index contributed by atoms with van der Waals surface area (Å²) in [6.07, 6.45) is -3.69. The van der Waals surface area contributed by atoms with Gasteiger partial charge in [0.25, 0.3) is 0 Å². The zero-order valence-electron chi connectivity index (χ0n) is 14.1. The third-order valence-electron chi connectivity index (χ3n) is 3.73. The van der Waals surface area contributed by atoms with Crippen LogP contribution in [0.3, 0.4) is 0 Å². The van der Waals surface area contributed by atoms with E-state index in [9.17, 15) is 9.59 Å². The number of methoxy groups -OCH3 is 1. The summed E-state index contributed by atoms with van der Waals surface area (Å²) < 4.78 is 21.5. The topological polar surface area (TPSA) is 120 Å². The normalized spacial score (nSPS) is 28.5. The summed E-state index contributed by atoms with van der Waals surface area (Å²) in [5, 5.41) is 3.65. The van der Waals surface area contributed by atoms with Crippen molar-refractivity contribution in [3.8, 4) is 0 Å². The molecular formula is C16H19N3O6. The second-order valence-electron chi connectivity index (χ2n) is 5.45. The van der Waals surface area contributed by atoms with Crippen LogP contribution in [0, 0.1) is 0 Å². The van der Waals surface area contributed by atoms with E-state index in [2.05, 4.69) is 10.0 Å². The van der Waals surface area contributed by atoms with Crippen LogP contribution in [-0.4, -0.2) is 49.7 Å². The quantitative estimate of drug-likeness (QED) is 0.348. The molecule has 9 heteroatoms. The van der Waals surface area contributed by atoms with Crippen molar-refractivity contribution in [2.75, 3.05) is 7.11 Å². The molecule has 0 spiro atoms. The van der Waals surface area contributed by atoms with Gasteiger partial charge in [0.1, 0.15) is 6.04 Å². The number of carbonyl (C=O) groups is 2. The minimum atomic E-state index is -1.07. The fourth-order valence-electron chi connectivity index (χ4n) is 2.61. The number of benzene rings is 1. The van der Waals surface area contributed by atoms with Crippen molar-refractivity contribution in [3.05, 3.63) is 46.3 Å². The Morgan fingerprint density at radius 1 is 1.20 bits per heavy atom. The molecule has 0 aromatic heterocycles. The van der Waals surface area contributed by atoms with E-state index in [1.807, 2.05) is 0 Å². The first-order chi connectivity index (χ1) is 12.0. The molecule has 0 radical (unpaired) electrons.